The van der Waals surface area contributed by atoms with Crippen LogP contribution >= 0.6 is 0 Å². The Bertz CT molecular complexity index is 836. The number of fused-ring (bicyclic) bond motifs is 2. The Morgan fingerprint density at radius 2 is 0.852 bits per heavy atom. The first-order valence-electron chi connectivity index (χ1n) is 10.4. The van der Waals surface area contributed by atoms with E-state index in [0.717, 1.165) is 0 Å². The summed E-state index contributed by atoms with van der Waals surface area (Å²) >= 11 is 0. The highest BCUT2D eigenvalue weighted by atomic mass is 14.9. The fourth-order valence-corrected chi connectivity index (χ4v) is 6.30. The van der Waals surface area contributed by atoms with Crippen LogP contribution in [0.5, 0.6) is 0 Å². The van der Waals surface area contributed by atoms with Crippen LogP contribution in [-0.4, -0.2) is 0 Å². The van der Waals surface area contributed by atoms with E-state index in [1.54, 1.807) is 0 Å². The Morgan fingerprint density at radius 3 is 1.22 bits per heavy atom. The van der Waals surface area contributed by atoms with Crippen molar-refractivity contribution in [3.05, 3.63) is 58.7 Å². The van der Waals surface area contributed by atoms with E-state index in [2.05, 4.69) is 97.1 Å². The SMILES string of the molecule is CC1(C)CC(C)(C)c2cc(Nc3ccc4c(c3)C(C)(C)CC4(C)C)ccc21. The minimum Gasteiger partial charge on any atom is -0.356 e. The summed E-state index contributed by atoms with van der Waals surface area (Å²) in [5.41, 5.74) is 9.43. The Labute approximate surface area is 165 Å². The molecule has 0 aromatic heterocycles. The quantitative estimate of drug-likeness (QED) is 0.589. The highest BCUT2D eigenvalue weighted by Crippen LogP contribution is 2.51. The first-order chi connectivity index (χ1) is 12.3. The molecule has 4 rings (SSSR count). The maximum Gasteiger partial charge on any atom is 0.0387 e. The van der Waals surface area contributed by atoms with Gasteiger partial charge in [-0.2, -0.15) is 0 Å². The van der Waals surface area contributed by atoms with Gasteiger partial charge in [0.1, 0.15) is 0 Å². The second-order valence-electron chi connectivity index (χ2n) is 11.5. The average molecular weight is 362 g/mol. The van der Waals surface area contributed by atoms with E-state index in [1.165, 1.54) is 46.5 Å². The van der Waals surface area contributed by atoms with Crippen LogP contribution in [-0.2, 0) is 21.7 Å². The van der Waals surface area contributed by atoms with Crippen molar-refractivity contribution in [2.75, 3.05) is 5.32 Å². The summed E-state index contributed by atoms with van der Waals surface area (Å²) in [6.07, 6.45) is 2.42. The number of rotatable bonds is 2. The van der Waals surface area contributed by atoms with E-state index in [1.807, 2.05) is 0 Å². The minimum atomic E-state index is 0.237. The second kappa shape index (κ2) is 5.40. The molecule has 0 atom stereocenters. The molecule has 2 aliphatic rings. The van der Waals surface area contributed by atoms with Crippen LogP contribution in [0.3, 0.4) is 0 Å². The van der Waals surface area contributed by atoms with Crippen molar-refractivity contribution in [2.24, 2.45) is 0 Å². The first-order valence-corrected chi connectivity index (χ1v) is 10.4. The summed E-state index contributed by atoms with van der Waals surface area (Å²) in [6, 6.07) is 14.0. The molecule has 2 aliphatic carbocycles. The van der Waals surface area contributed by atoms with Crippen LogP contribution in [0.1, 0.15) is 90.5 Å². The topological polar surface area (TPSA) is 12.0 Å². The van der Waals surface area contributed by atoms with Gasteiger partial charge >= 0.3 is 0 Å². The molecule has 0 heterocycles. The van der Waals surface area contributed by atoms with E-state index in [9.17, 15) is 0 Å². The molecule has 0 spiro atoms. The maximum absolute atomic E-state index is 3.69. The van der Waals surface area contributed by atoms with Gasteiger partial charge in [-0.05, 0) is 81.0 Å². The minimum absolute atomic E-state index is 0.237. The molecule has 0 fully saturated rings. The van der Waals surface area contributed by atoms with Gasteiger partial charge in [0.05, 0.1) is 0 Å². The van der Waals surface area contributed by atoms with Crippen LogP contribution in [0.4, 0.5) is 11.4 Å². The lowest BCUT2D eigenvalue weighted by Crippen LogP contribution is -2.18. The molecule has 2 aromatic rings. The van der Waals surface area contributed by atoms with Gasteiger partial charge in [0, 0.05) is 11.4 Å². The molecule has 27 heavy (non-hydrogen) atoms. The highest BCUT2D eigenvalue weighted by molar-refractivity contribution is 5.66. The molecule has 1 N–H and O–H groups in total. The monoisotopic (exact) mass is 361 g/mol. The van der Waals surface area contributed by atoms with E-state index in [4.69, 9.17) is 0 Å². The Hall–Kier alpha value is -1.76. The van der Waals surface area contributed by atoms with E-state index < -0.39 is 0 Å². The van der Waals surface area contributed by atoms with Crippen molar-refractivity contribution in [3.63, 3.8) is 0 Å². The van der Waals surface area contributed by atoms with Crippen LogP contribution in [0, 0.1) is 0 Å². The average Bonchev–Trinajstić information content (AvgIpc) is 2.82. The zero-order chi connectivity index (χ0) is 19.8. The zero-order valence-electron chi connectivity index (χ0n) is 18.4. The van der Waals surface area contributed by atoms with Gasteiger partial charge in [0.15, 0.2) is 0 Å². The molecule has 0 amide bonds. The van der Waals surface area contributed by atoms with Crippen molar-refractivity contribution in [3.8, 4) is 0 Å². The molecular formula is C26H35N. The lowest BCUT2D eigenvalue weighted by molar-refractivity contribution is 0.403. The predicted octanol–water partition coefficient (Wildman–Crippen LogP) is 7.35. The van der Waals surface area contributed by atoms with Gasteiger partial charge in [-0.15, -0.1) is 0 Å². The van der Waals surface area contributed by atoms with Gasteiger partial charge < -0.3 is 5.32 Å². The molecule has 144 valence electrons. The predicted molar refractivity (Wildman–Crippen MR) is 118 cm³/mol. The largest absolute Gasteiger partial charge is 0.356 e. The van der Waals surface area contributed by atoms with E-state index in [-0.39, 0.29) is 21.7 Å². The molecule has 0 bridgehead atoms. The lowest BCUT2D eigenvalue weighted by atomic mass is 9.82. The highest BCUT2D eigenvalue weighted by Gasteiger charge is 2.43. The summed E-state index contributed by atoms with van der Waals surface area (Å²) < 4.78 is 0. The van der Waals surface area contributed by atoms with E-state index >= 15 is 0 Å². The molecule has 0 saturated heterocycles. The number of hydrogen-bond acceptors (Lipinski definition) is 1. The molecule has 1 nitrogen and oxygen atoms in total. The third-order valence-electron chi connectivity index (χ3n) is 7.01. The van der Waals surface area contributed by atoms with Crippen LogP contribution in [0.25, 0.3) is 0 Å². The Balaban J connectivity index is 1.69. The van der Waals surface area contributed by atoms with Gasteiger partial charge in [-0.3, -0.25) is 0 Å². The zero-order valence-corrected chi connectivity index (χ0v) is 18.4. The number of anilines is 2. The Morgan fingerprint density at radius 1 is 0.519 bits per heavy atom. The van der Waals surface area contributed by atoms with Crippen molar-refractivity contribution in [1.82, 2.24) is 0 Å². The van der Waals surface area contributed by atoms with Crippen molar-refractivity contribution >= 4 is 11.4 Å². The van der Waals surface area contributed by atoms with E-state index in [0.29, 0.717) is 0 Å². The summed E-state index contributed by atoms with van der Waals surface area (Å²) in [5, 5.41) is 3.69. The molecule has 1 heteroatoms. The Kier molecular flexibility index (Phi) is 3.72. The fourth-order valence-electron chi connectivity index (χ4n) is 6.30. The van der Waals surface area contributed by atoms with Crippen LogP contribution < -0.4 is 5.32 Å². The van der Waals surface area contributed by atoms with Crippen LogP contribution in [0.2, 0.25) is 0 Å². The van der Waals surface area contributed by atoms with Crippen molar-refractivity contribution in [1.29, 1.82) is 0 Å². The molecule has 0 saturated carbocycles. The van der Waals surface area contributed by atoms with Crippen LogP contribution in [0.15, 0.2) is 36.4 Å². The molecule has 0 radical (unpaired) electrons. The summed E-state index contributed by atoms with van der Waals surface area (Å²) in [4.78, 5) is 0. The third-order valence-corrected chi connectivity index (χ3v) is 7.01. The van der Waals surface area contributed by atoms with Gasteiger partial charge in [0.2, 0.25) is 0 Å². The normalized spacial score (nSPS) is 23.0. The first kappa shape index (κ1) is 18.6. The molecule has 0 aliphatic heterocycles. The third kappa shape index (κ3) is 2.91. The van der Waals surface area contributed by atoms with Crippen molar-refractivity contribution in [2.45, 2.75) is 89.9 Å². The van der Waals surface area contributed by atoms with Crippen molar-refractivity contribution < 1.29 is 0 Å². The molecular weight excluding hydrogens is 326 g/mol. The maximum atomic E-state index is 3.69. The fraction of sp³-hybridized carbons (Fsp3) is 0.538. The summed E-state index contributed by atoms with van der Waals surface area (Å²) in [6.45, 7) is 19.0. The summed E-state index contributed by atoms with van der Waals surface area (Å²) in [7, 11) is 0. The van der Waals surface area contributed by atoms with Gasteiger partial charge in [-0.1, -0.05) is 67.5 Å². The summed E-state index contributed by atoms with van der Waals surface area (Å²) in [5.74, 6) is 0. The number of benzene rings is 2. The lowest BCUT2D eigenvalue weighted by Gasteiger charge is -2.22. The smallest absolute Gasteiger partial charge is 0.0387 e. The van der Waals surface area contributed by atoms with Gasteiger partial charge in [0.25, 0.3) is 0 Å². The molecule has 2 aromatic carbocycles. The molecule has 0 unspecified atom stereocenters. The number of nitrogens with one attached hydrogen (secondary N) is 1. The van der Waals surface area contributed by atoms with Gasteiger partial charge in [-0.25, -0.2) is 0 Å². The standard InChI is InChI=1S/C26H35N/c1-23(2)15-25(5,6)21-13-17(9-11-19(21)23)27-18-10-12-20-22(14-18)26(7,8)16-24(20,3)4/h9-14,27H,15-16H2,1-8H3. The number of hydrogen-bond donors (Lipinski definition) is 1. The second-order valence-corrected chi connectivity index (χ2v) is 11.5.